The van der Waals surface area contributed by atoms with E-state index in [9.17, 15) is 9.59 Å². The number of carbonyl (C=O) groups is 2. The number of hydrogen-bond donors (Lipinski definition) is 1. The molecule has 0 saturated carbocycles. The van der Waals surface area contributed by atoms with E-state index in [-0.39, 0.29) is 18.1 Å². The zero-order chi connectivity index (χ0) is 13.8. The summed E-state index contributed by atoms with van der Waals surface area (Å²) in [6.45, 7) is 3.38. The van der Waals surface area contributed by atoms with Gasteiger partial charge in [0.2, 0.25) is 0 Å². The number of carboxylic acids is 1. The molecule has 0 atom stereocenters. The standard InChI is InChI=1S/C14H17NO4/c1-10-8-11(14(17)18)4-5-12(10)19-9-13(16)15-6-2-3-7-15/h4-5,8H,2-3,6-7,9H2,1H3,(H,17,18). The number of carboxylic acid groups (broad SMARTS) is 1. The van der Waals surface area contributed by atoms with Crippen molar-refractivity contribution in [3.05, 3.63) is 29.3 Å². The molecule has 19 heavy (non-hydrogen) atoms. The number of benzene rings is 1. The first-order chi connectivity index (χ1) is 9.08. The summed E-state index contributed by atoms with van der Waals surface area (Å²) in [6.07, 6.45) is 2.11. The molecule has 5 heteroatoms. The molecule has 5 nitrogen and oxygen atoms in total. The van der Waals surface area contributed by atoms with Gasteiger partial charge in [-0.05, 0) is 43.5 Å². The third-order valence-electron chi connectivity index (χ3n) is 3.23. The van der Waals surface area contributed by atoms with Crippen LogP contribution in [0.1, 0.15) is 28.8 Å². The lowest BCUT2D eigenvalue weighted by molar-refractivity contribution is -0.132. The lowest BCUT2D eigenvalue weighted by atomic mass is 10.1. The fourth-order valence-corrected chi connectivity index (χ4v) is 2.14. The van der Waals surface area contributed by atoms with Gasteiger partial charge in [-0.2, -0.15) is 0 Å². The zero-order valence-corrected chi connectivity index (χ0v) is 10.9. The Balaban J connectivity index is 1.95. The molecule has 0 spiro atoms. The molecular formula is C14H17NO4. The molecule has 102 valence electrons. The highest BCUT2D eigenvalue weighted by atomic mass is 16.5. The van der Waals surface area contributed by atoms with Gasteiger partial charge in [0.25, 0.3) is 5.91 Å². The number of nitrogens with zero attached hydrogens (tertiary/aromatic N) is 1. The van der Waals surface area contributed by atoms with Crippen molar-refractivity contribution in [2.24, 2.45) is 0 Å². The number of aryl methyl sites for hydroxylation is 1. The van der Waals surface area contributed by atoms with Gasteiger partial charge < -0.3 is 14.7 Å². The number of amides is 1. The van der Waals surface area contributed by atoms with E-state index in [1.807, 2.05) is 0 Å². The van der Waals surface area contributed by atoms with E-state index < -0.39 is 5.97 Å². The van der Waals surface area contributed by atoms with Gasteiger partial charge in [-0.15, -0.1) is 0 Å². The van der Waals surface area contributed by atoms with Crippen LogP contribution in [0, 0.1) is 6.92 Å². The topological polar surface area (TPSA) is 66.8 Å². The normalized spacial score (nSPS) is 14.5. The molecule has 0 radical (unpaired) electrons. The van der Waals surface area contributed by atoms with Gasteiger partial charge in [-0.25, -0.2) is 4.79 Å². The summed E-state index contributed by atoms with van der Waals surface area (Å²) in [7, 11) is 0. The molecule has 0 unspecified atom stereocenters. The Morgan fingerprint density at radius 1 is 1.32 bits per heavy atom. The molecule has 2 rings (SSSR count). The summed E-state index contributed by atoms with van der Waals surface area (Å²) in [5.41, 5.74) is 0.935. The highest BCUT2D eigenvalue weighted by molar-refractivity contribution is 5.88. The van der Waals surface area contributed by atoms with Crippen molar-refractivity contribution in [2.75, 3.05) is 19.7 Å². The molecule has 0 aromatic heterocycles. The average molecular weight is 263 g/mol. The van der Waals surface area contributed by atoms with Crippen molar-refractivity contribution in [1.29, 1.82) is 0 Å². The maximum Gasteiger partial charge on any atom is 0.335 e. The van der Waals surface area contributed by atoms with Crippen LogP contribution in [0.5, 0.6) is 5.75 Å². The van der Waals surface area contributed by atoms with Crippen molar-refractivity contribution in [2.45, 2.75) is 19.8 Å². The van der Waals surface area contributed by atoms with Crippen LogP contribution >= 0.6 is 0 Å². The van der Waals surface area contributed by atoms with Crippen LogP contribution in [-0.2, 0) is 4.79 Å². The Bertz CT molecular complexity index is 492. The first kappa shape index (κ1) is 13.4. The Morgan fingerprint density at radius 3 is 2.58 bits per heavy atom. The number of rotatable bonds is 4. The Kier molecular flexibility index (Phi) is 4.04. The third kappa shape index (κ3) is 3.24. The average Bonchev–Trinajstić information content (AvgIpc) is 2.90. The number of aromatic carboxylic acids is 1. The van der Waals surface area contributed by atoms with E-state index in [4.69, 9.17) is 9.84 Å². The Hall–Kier alpha value is -2.04. The molecule has 1 N–H and O–H groups in total. The largest absolute Gasteiger partial charge is 0.483 e. The monoisotopic (exact) mass is 263 g/mol. The molecule has 1 fully saturated rings. The first-order valence-electron chi connectivity index (χ1n) is 6.32. The van der Waals surface area contributed by atoms with E-state index >= 15 is 0 Å². The third-order valence-corrected chi connectivity index (χ3v) is 3.23. The van der Waals surface area contributed by atoms with Gasteiger partial charge >= 0.3 is 5.97 Å². The van der Waals surface area contributed by atoms with Crippen LogP contribution in [0.15, 0.2) is 18.2 Å². The summed E-state index contributed by atoms with van der Waals surface area (Å²) < 4.78 is 5.46. The summed E-state index contributed by atoms with van der Waals surface area (Å²) in [4.78, 5) is 24.4. The molecule has 1 aliphatic rings. The highest BCUT2D eigenvalue weighted by Crippen LogP contribution is 2.19. The predicted octanol–water partition coefficient (Wildman–Crippen LogP) is 1.69. The number of carbonyl (C=O) groups excluding carboxylic acids is 1. The lowest BCUT2D eigenvalue weighted by Crippen LogP contribution is -2.32. The molecule has 0 bridgehead atoms. The number of likely N-dealkylation sites (tertiary alicyclic amines) is 1. The van der Waals surface area contributed by atoms with Crippen molar-refractivity contribution in [3.63, 3.8) is 0 Å². The fraction of sp³-hybridized carbons (Fsp3) is 0.429. The van der Waals surface area contributed by atoms with Crippen LogP contribution in [0.25, 0.3) is 0 Å². The lowest BCUT2D eigenvalue weighted by Gasteiger charge is -2.16. The molecule has 1 saturated heterocycles. The van der Waals surface area contributed by atoms with Gasteiger partial charge in [0.15, 0.2) is 6.61 Å². The highest BCUT2D eigenvalue weighted by Gasteiger charge is 2.18. The summed E-state index contributed by atoms with van der Waals surface area (Å²) in [5, 5.41) is 8.86. The van der Waals surface area contributed by atoms with E-state index in [1.54, 1.807) is 17.9 Å². The SMILES string of the molecule is Cc1cc(C(=O)O)ccc1OCC(=O)N1CCCC1. The number of hydrogen-bond acceptors (Lipinski definition) is 3. The second-order valence-electron chi connectivity index (χ2n) is 4.66. The minimum absolute atomic E-state index is 0.00720. The summed E-state index contributed by atoms with van der Waals surface area (Å²) in [6, 6.07) is 4.61. The molecule has 1 aromatic carbocycles. The summed E-state index contributed by atoms with van der Waals surface area (Å²) >= 11 is 0. The smallest absolute Gasteiger partial charge is 0.335 e. The van der Waals surface area contributed by atoms with Gasteiger partial charge in [-0.3, -0.25) is 4.79 Å². The maximum absolute atomic E-state index is 11.8. The molecule has 1 aromatic rings. The van der Waals surface area contributed by atoms with Crippen LogP contribution in [0.3, 0.4) is 0 Å². The van der Waals surface area contributed by atoms with Crippen molar-refractivity contribution >= 4 is 11.9 Å². The van der Waals surface area contributed by atoms with Gasteiger partial charge in [0.1, 0.15) is 5.75 Å². The zero-order valence-electron chi connectivity index (χ0n) is 10.9. The van der Waals surface area contributed by atoms with Crippen molar-refractivity contribution in [3.8, 4) is 5.75 Å². The van der Waals surface area contributed by atoms with Crippen LogP contribution in [-0.4, -0.2) is 41.6 Å². The van der Waals surface area contributed by atoms with E-state index in [2.05, 4.69) is 0 Å². The maximum atomic E-state index is 11.8. The van der Waals surface area contributed by atoms with Gasteiger partial charge in [0, 0.05) is 13.1 Å². The second-order valence-corrected chi connectivity index (χ2v) is 4.66. The Labute approximate surface area is 111 Å². The van der Waals surface area contributed by atoms with Gasteiger partial charge in [0.05, 0.1) is 5.56 Å². The van der Waals surface area contributed by atoms with Crippen LogP contribution in [0.4, 0.5) is 0 Å². The molecule has 0 aliphatic carbocycles. The fourth-order valence-electron chi connectivity index (χ4n) is 2.14. The summed E-state index contributed by atoms with van der Waals surface area (Å²) in [5.74, 6) is -0.431. The van der Waals surface area contributed by atoms with Crippen LogP contribution in [0.2, 0.25) is 0 Å². The Morgan fingerprint density at radius 2 is 2.00 bits per heavy atom. The van der Waals surface area contributed by atoms with E-state index in [0.717, 1.165) is 25.9 Å². The van der Waals surface area contributed by atoms with E-state index in [1.165, 1.54) is 12.1 Å². The van der Waals surface area contributed by atoms with Gasteiger partial charge in [-0.1, -0.05) is 0 Å². The molecule has 1 aliphatic heterocycles. The van der Waals surface area contributed by atoms with E-state index in [0.29, 0.717) is 11.3 Å². The quantitative estimate of drug-likeness (QED) is 0.897. The predicted molar refractivity (Wildman–Crippen MR) is 69.4 cm³/mol. The second kappa shape index (κ2) is 5.73. The van der Waals surface area contributed by atoms with Crippen molar-refractivity contribution < 1.29 is 19.4 Å². The minimum Gasteiger partial charge on any atom is -0.483 e. The minimum atomic E-state index is -0.970. The molecule has 1 heterocycles. The van der Waals surface area contributed by atoms with Crippen molar-refractivity contribution in [1.82, 2.24) is 4.90 Å². The molecular weight excluding hydrogens is 246 g/mol. The molecule has 1 amide bonds. The number of ether oxygens (including phenoxy) is 1. The van der Waals surface area contributed by atoms with Crippen LogP contribution < -0.4 is 4.74 Å². The first-order valence-corrected chi connectivity index (χ1v) is 6.32.